The van der Waals surface area contributed by atoms with Gasteiger partial charge in [0.25, 0.3) is 5.91 Å². The zero-order valence-electron chi connectivity index (χ0n) is 10.6. The summed E-state index contributed by atoms with van der Waals surface area (Å²) in [6, 6.07) is 5.13. The zero-order valence-corrected chi connectivity index (χ0v) is 10.6. The van der Waals surface area contributed by atoms with Crippen molar-refractivity contribution >= 4 is 11.9 Å². The van der Waals surface area contributed by atoms with Crippen molar-refractivity contribution in [3.05, 3.63) is 29.8 Å². The lowest BCUT2D eigenvalue weighted by molar-refractivity contribution is -0.140. The molecule has 0 aliphatic carbocycles. The number of carboxylic acid groups (broad SMARTS) is 1. The Balaban J connectivity index is 2.73. The molecular formula is C13H17NO5. The van der Waals surface area contributed by atoms with Crippen LogP contribution in [0, 0.1) is 0 Å². The van der Waals surface area contributed by atoms with Crippen LogP contribution in [0.4, 0.5) is 0 Å². The molecule has 1 aromatic rings. The third kappa shape index (κ3) is 4.59. The number of aliphatic carboxylic acids is 1. The van der Waals surface area contributed by atoms with Crippen molar-refractivity contribution < 1.29 is 24.5 Å². The molecule has 1 rings (SSSR count). The Morgan fingerprint density at radius 3 is 2.74 bits per heavy atom. The predicted octanol–water partition coefficient (Wildman–Crippen LogP) is 0.651. The van der Waals surface area contributed by atoms with Crippen LogP contribution in [0.5, 0.6) is 5.75 Å². The standard InChI is InChI=1S/C13H17NO5/c1-2-6-19-10-5-3-4-9(7-10)12(16)14-11(8-15)13(17)18/h3-5,7,11,15H,2,6,8H2,1H3,(H,14,16)(H,17,18). The van der Waals surface area contributed by atoms with E-state index in [2.05, 4.69) is 5.32 Å². The highest BCUT2D eigenvalue weighted by Gasteiger charge is 2.19. The first-order chi connectivity index (χ1) is 9.08. The van der Waals surface area contributed by atoms with Gasteiger partial charge in [-0.1, -0.05) is 13.0 Å². The fourth-order valence-corrected chi connectivity index (χ4v) is 1.37. The number of ether oxygens (including phenoxy) is 1. The van der Waals surface area contributed by atoms with E-state index in [1.165, 1.54) is 6.07 Å². The second-order valence-corrected chi connectivity index (χ2v) is 3.92. The van der Waals surface area contributed by atoms with Crippen molar-refractivity contribution in [2.24, 2.45) is 0 Å². The van der Waals surface area contributed by atoms with Crippen LogP contribution in [0.3, 0.4) is 0 Å². The number of hydrogen-bond acceptors (Lipinski definition) is 4. The van der Waals surface area contributed by atoms with Gasteiger partial charge in [0.15, 0.2) is 6.04 Å². The first-order valence-corrected chi connectivity index (χ1v) is 5.95. The molecule has 0 aromatic heterocycles. The van der Waals surface area contributed by atoms with Gasteiger partial charge in [-0.25, -0.2) is 4.79 Å². The lowest BCUT2D eigenvalue weighted by Crippen LogP contribution is -2.43. The Morgan fingerprint density at radius 2 is 2.16 bits per heavy atom. The van der Waals surface area contributed by atoms with Crippen molar-refractivity contribution in [1.29, 1.82) is 0 Å². The number of nitrogens with one attached hydrogen (secondary N) is 1. The average molecular weight is 267 g/mol. The van der Waals surface area contributed by atoms with Gasteiger partial charge in [-0.15, -0.1) is 0 Å². The van der Waals surface area contributed by atoms with Crippen molar-refractivity contribution in [3.63, 3.8) is 0 Å². The monoisotopic (exact) mass is 267 g/mol. The molecule has 1 atom stereocenters. The SMILES string of the molecule is CCCOc1cccc(C(=O)NC(CO)C(=O)O)c1. The molecule has 6 nitrogen and oxygen atoms in total. The second-order valence-electron chi connectivity index (χ2n) is 3.92. The largest absolute Gasteiger partial charge is 0.494 e. The van der Waals surface area contributed by atoms with Gasteiger partial charge in [0.05, 0.1) is 13.2 Å². The number of rotatable bonds is 7. The maximum absolute atomic E-state index is 11.8. The summed E-state index contributed by atoms with van der Waals surface area (Å²) in [6.07, 6.45) is 0.849. The first kappa shape index (κ1) is 15.0. The van der Waals surface area contributed by atoms with E-state index in [1.807, 2.05) is 6.92 Å². The van der Waals surface area contributed by atoms with E-state index in [1.54, 1.807) is 18.2 Å². The van der Waals surface area contributed by atoms with Gasteiger partial charge in [-0.05, 0) is 24.6 Å². The average Bonchev–Trinajstić information content (AvgIpc) is 2.42. The topological polar surface area (TPSA) is 95.9 Å². The summed E-state index contributed by atoms with van der Waals surface area (Å²) in [5, 5.41) is 19.8. The fourth-order valence-electron chi connectivity index (χ4n) is 1.37. The van der Waals surface area contributed by atoms with Crippen LogP contribution < -0.4 is 10.1 Å². The number of amides is 1. The molecule has 0 saturated carbocycles. The normalized spacial score (nSPS) is 11.7. The van der Waals surface area contributed by atoms with Gasteiger partial charge >= 0.3 is 5.97 Å². The van der Waals surface area contributed by atoms with E-state index in [-0.39, 0.29) is 5.56 Å². The highest BCUT2D eigenvalue weighted by atomic mass is 16.5. The van der Waals surface area contributed by atoms with Crippen LogP contribution in [0.25, 0.3) is 0 Å². The number of carbonyl (C=O) groups is 2. The maximum Gasteiger partial charge on any atom is 0.328 e. The molecule has 0 saturated heterocycles. The summed E-state index contributed by atoms with van der Waals surface area (Å²) >= 11 is 0. The molecule has 104 valence electrons. The number of benzene rings is 1. The van der Waals surface area contributed by atoms with Crippen molar-refractivity contribution in [1.82, 2.24) is 5.32 Å². The molecule has 1 unspecified atom stereocenters. The molecule has 6 heteroatoms. The molecule has 1 amide bonds. The number of carboxylic acids is 1. The summed E-state index contributed by atoms with van der Waals surface area (Å²) in [5.74, 6) is -1.30. The highest BCUT2D eigenvalue weighted by molar-refractivity contribution is 5.96. The quantitative estimate of drug-likeness (QED) is 0.674. The van der Waals surface area contributed by atoms with Crippen LogP contribution >= 0.6 is 0 Å². The molecule has 0 fully saturated rings. The van der Waals surface area contributed by atoms with E-state index >= 15 is 0 Å². The van der Waals surface area contributed by atoms with Crippen LogP contribution in [0.2, 0.25) is 0 Å². The summed E-state index contributed by atoms with van der Waals surface area (Å²) in [6.45, 7) is 1.85. The smallest absolute Gasteiger partial charge is 0.328 e. The number of aliphatic hydroxyl groups is 1. The van der Waals surface area contributed by atoms with E-state index in [0.717, 1.165) is 6.42 Å². The van der Waals surface area contributed by atoms with Crippen molar-refractivity contribution in [3.8, 4) is 5.75 Å². The minimum Gasteiger partial charge on any atom is -0.494 e. The maximum atomic E-state index is 11.8. The first-order valence-electron chi connectivity index (χ1n) is 5.95. The Morgan fingerprint density at radius 1 is 1.42 bits per heavy atom. The molecule has 0 aliphatic rings. The van der Waals surface area contributed by atoms with Gasteiger partial charge in [0.1, 0.15) is 5.75 Å². The Labute approximate surface area is 111 Å². The minimum atomic E-state index is -1.31. The highest BCUT2D eigenvalue weighted by Crippen LogP contribution is 2.13. The lowest BCUT2D eigenvalue weighted by Gasteiger charge is -2.12. The van der Waals surface area contributed by atoms with E-state index in [0.29, 0.717) is 12.4 Å². The third-order valence-electron chi connectivity index (χ3n) is 2.36. The summed E-state index contributed by atoms with van der Waals surface area (Å²) in [7, 11) is 0. The van der Waals surface area contributed by atoms with E-state index in [9.17, 15) is 9.59 Å². The van der Waals surface area contributed by atoms with Gasteiger partial charge < -0.3 is 20.3 Å². The molecule has 0 bridgehead atoms. The summed E-state index contributed by atoms with van der Waals surface area (Å²) < 4.78 is 5.38. The molecule has 3 N–H and O–H groups in total. The van der Waals surface area contributed by atoms with Crippen LogP contribution in [0.15, 0.2) is 24.3 Å². The summed E-state index contributed by atoms with van der Waals surface area (Å²) in [5.41, 5.74) is 0.285. The van der Waals surface area contributed by atoms with Crippen LogP contribution in [-0.2, 0) is 4.79 Å². The van der Waals surface area contributed by atoms with Crippen LogP contribution in [-0.4, -0.2) is 41.3 Å². The van der Waals surface area contributed by atoms with E-state index in [4.69, 9.17) is 14.9 Å². The zero-order chi connectivity index (χ0) is 14.3. The van der Waals surface area contributed by atoms with Gasteiger partial charge in [0, 0.05) is 5.56 Å². The molecule has 1 aromatic carbocycles. The predicted molar refractivity (Wildman–Crippen MR) is 68.2 cm³/mol. The summed E-state index contributed by atoms with van der Waals surface area (Å²) in [4.78, 5) is 22.5. The second kappa shape index (κ2) is 7.38. The van der Waals surface area contributed by atoms with Crippen molar-refractivity contribution in [2.45, 2.75) is 19.4 Å². The number of carbonyl (C=O) groups excluding carboxylic acids is 1. The molecule has 0 heterocycles. The Bertz CT molecular complexity index is 446. The van der Waals surface area contributed by atoms with Crippen molar-refractivity contribution in [2.75, 3.05) is 13.2 Å². The minimum absolute atomic E-state index is 0.285. The molecular weight excluding hydrogens is 250 g/mol. The molecule has 0 spiro atoms. The van der Waals surface area contributed by atoms with Gasteiger partial charge in [-0.2, -0.15) is 0 Å². The third-order valence-corrected chi connectivity index (χ3v) is 2.36. The lowest BCUT2D eigenvalue weighted by atomic mass is 10.2. The molecule has 0 radical (unpaired) electrons. The molecule has 19 heavy (non-hydrogen) atoms. The Hall–Kier alpha value is -2.08. The van der Waals surface area contributed by atoms with Gasteiger partial charge in [0.2, 0.25) is 0 Å². The molecule has 0 aliphatic heterocycles. The van der Waals surface area contributed by atoms with Crippen LogP contribution in [0.1, 0.15) is 23.7 Å². The number of aliphatic hydroxyl groups excluding tert-OH is 1. The Kier molecular flexibility index (Phi) is 5.81. The van der Waals surface area contributed by atoms with Gasteiger partial charge in [-0.3, -0.25) is 4.79 Å². The van der Waals surface area contributed by atoms with E-state index < -0.39 is 24.5 Å². The number of hydrogen-bond donors (Lipinski definition) is 3. The fraction of sp³-hybridized carbons (Fsp3) is 0.385.